The van der Waals surface area contributed by atoms with E-state index in [1.54, 1.807) is 4.90 Å². The van der Waals surface area contributed by atoms with Gasteiger partial charge in [-0.2, -0.15) is 0 Å². The summed E-state index contributed by atoms with van der Waals surface area (Å²) in [6.45, 7) is 5.90. The number of amides is 1. The number of benzene rings is 1. The molecule has 1 aromatic rings. The average Bonchev–Trinajstić information content (AvgIpc) is 2.20. The summed E-state index contributed by atoms with van der Waals surface area (Å²) in [6, 6.07) is 7.85. The molecule has 0 aromatic heterocycles. The number of aryl methyl sites for hydroxylation is 1. The van der Waals surface area contributed by atoms with Crippen molar-refractivity contribution in [3.8, 4) is 0 Å². The van der Waals surface area contributed by atoms with Crippen LogP contribution >= 0.6 is 0 Å². The number of hydrogen-bond donors (Lipinski definition) is 0. The fraction of sp³-hybridized carbons (Fsp3) is 0.417. The molecule has 0 bridgehead atoms. The minimum absolute atomic E-state index is 0.0820. The molecule has 3 nitrogen and oxygen atoms in total. The molecule has 0 atom stereocenters. The zero-order valence-corrected chi connectivity index (χ0v) is 9.65. The second-order valence-electron chi connectivity index (χ2n) is 3.72. The lowest BCUT2D eigenvalue weighted by molar-refractivity contribution is 0.177. The lowest BCUT2D eigenvalue weighted by Crippen LogP contribution is -2.37. The number of rotatable bonds is 2. The number of carbonyl (C=O) groups excluding carboxylic acids is 1. The van der Waals surface area contributed by atoms with Gasteiger partial charge >= 0.3 is 6.09 Å². The molecule has 0 fully saturated rings. The van der Waals surface area contributed by atoms with Crippen molar-refractivity contribution < 1.29 is 9.53 Å². The summed E-state index contributed by atoms with van der Waals surface area (Å²) in [6.07, 6.45) is -0.320. The Bertz CT molecular complexity index is 347. The minimum Gasteiger partial charge on any atom is -0.452 e. The van der Waals surface area contributed by atoms with Gasteiger partial charge in [-0.3, -0.25) is 4.90 Å². The maximum Gasteiger partial charge on any atom is 0.414 e. The van der Waals surface area contributed by atoms with E-state index in [1.807, 2.05) is 45.0 Å². The molecule has 0 N–H and O–H groups in total. The molecular formula is C12H17NO2. The van der Waals surface area contributed by atoms with Gasteiger partial charge < -0.3 is 4.74 Å². The predicted molar refractivity (Wildman–Crippen MR) is 61.2 cm³/mol. The van der Waals surface area contributed by atoms with E-state index in [-0.39, 0.29) is 12.1 Å². The Morgan fingerprint density at radius 1 is 1.33 bits per heavy atom. The number of anilines is 1. The third kappa shape index (κ3) is 2.49. The molecule has 0 spiro atoms. The van der Waals surface area contributed by atoms with Crippen LogP contribution in [0.3, 0.4) is 0 Å². The van der Waals surface area contributed by atoms with Gasteiger partial charge in [0, 0.05) is 6.04 Å². The molecule has 82 valence electrons. The first kappa shape index (κ1) is 11.6. The normalized spacial score (nSPS) is 10.2. The molecule has 0 aliphatic rings. The first-order valence-corrected chi connectivity index (χ1v) is 5.00. The van der Waals surface area contributed by atoms with Crippen LogP contribution < -0.4 is 4.90 Å². The van der Waals surface area contributed by atoms with Crippen LogP contribution in [0.4, 0.5) is 10.5 Å². The van der Waals surface area contributed by atoms with Crippen molar-refractivity contribution in [2.45, 2.75) is 26.8 Å². The topological polar surface area (TPSA) is 29.5 Å². The Hall–Kier alpha value is -1.51. The van der Waals surface area contributed by atoms with Gasteiger partial charge in [0.05, 0.1) is 12.8 Å². The van der Waals surface area contributed by atoms with E-state index in [1.165, 1.54) is 7.11 Å². The van der Waals surface area contributed by atoms with Gasteiger partial charge in [-0.05, 0) is 32.4 Å². The van der Waals surface area contributed by atoms with E-state index in [0.717, 1.165) is 11.3 Å². The maximum absolute atomic E-state index is 11.6. The highest BCUT2D eigenvalue weighted by Crippen LogP contribution is 2.22. The Morgan fingerprint density at radius 3 is 2.40 bits per heavy atom. The summed E-state index contributed by atoms with van der Waals surface area (Å²) in [5.74, 6) is 0. The van der Waals surface area contributed by atoms with Crippen LogP contribution in [0.25, 0.3) is 0 Å². The van der Waals surface area contributed by atoms with Gasteiger partial charge in [-0.1, -0.05) is 18.2 Å². The molecular weight excluding hydrogens is 190 g/mol. The molecule has 3 heteroatoms. The highest BCUT2D eigenvalue weighted by Gasteiger charge is 2.20. The fourth-order valence-corrected chi connectivity index (χ4v) is 1.52. The molecule has 0 aliphatic heterocycles. The Labute approximate surface area is 90.7 Å². The summed E-state index contributed by atoms with van der Waals surface area (Å²) in [4.78, 5) is 13.3. The molecule has 0 saturated heterocycles. The Kier molecular flexibility index (Phi) is 3.72. The molecule has 1 rings (SSSR count). The third-order valence-electron chi connectivity index (χ3n) is 2.26. The van der Waals surface area contributed by atoms with Crippen molar-refractivity contribution in [1.29, 1.82) is 0 Å². The van der Waals surface area contributed by atoms with Gasteiger partial charge in [0.2, 0.25) is 0 Å². The van der Waals surface area contributed by atoms with E-state index in [2.05, 4.69) is 0 Å². The second-order valence-corrected chi connectivity index (χ2v) is 3.72. The lowest BCUT2D eigenvalue weighted by atomic mass is 10.1. The van der Waals surface area contributed by atoms with Gasteiger partial charge in [0.1, 0.15) is 0 Å². The van der Waals surface area contributed by atoms with Crippen LogP contribution in [-0.2, 0) is 4.74 Å². The number of hydrogen-bond acceptors (Lipinski definition) is 2. The highest BCUT2D eigenvalue weighted by atomic mass is 16.5. The molecule has 0 aliphatic carbocycles. The van der Waals surface area contributed by atoms with Crippen molar-refractivity contribution in [3.05, 3.63) is 29.8 Å². The number of carbonyl (C=O) groups is 1. The average molecular weight is 207 g/mol. The largest absolute Gasteiger partial charge is 0.452 e. The summed E-state index contributed by atoms with van der Waals surface area (Å²) in [5.41, 5.74) is 1.97. The fourth-order valence-electron chi connectivity index (χ4n) is 1.52. The molecule has 0 radical (unpaired) electrons. The Morgan fingerprint density at radius 2 is 1.93 bits per heavy atom. The van der Waals surface area contributed by atoms with Crippen LogP contribution in [0, 0.1) is 6.92 Å². The van der Waals surface area contributed by atoms with Crippen molar-refractivity contribution >= 4 is 11.8 Å². The van der Waals surface area contributed by atoms with Gasteiger partial charge in [-0.25, -0.2) is 4.79 Å². The van der Waals surface area contributed by atoms with Crippen molar-refractivity contribution in [1.82, 2.24) is 0 Å². The van der Waals surface area contributed by atoms with E-state index >= 15 is 0 Å². The van der Waals surface area contributed by atoms with Gasteiger partial charge in [-0.15, -0.1) is 0 Å². The summed E-state index contributed by atoms with van der Waals surface area (Å²) >= 11 is 0. The third-order valence-corrected chi connectivity index (χ3v) is 2.26. The minimum atomic E-state index is -0.320. The monoisotopic (exact) mass is 207 g/mol. The number of nitrogens with zero attached hydrogens (tertiary/aromatic N) is 1. The van der Waals surface area contributed by atoms with Crippen LogP contribution in [0.5, 0.6) is 0 Å². The SMILES string of the molecule is COC(=O)N(c1ccccc1C)C(C)C. The zero-order chi connectivity index (χ0) is 11.4. The molecule has 1 aromatic carbocycles. The van der Waals surface area contributed by atoms with Gasteiger partial charge in [0.15, 0.2) is 0 Å². The first-order chi connectivity index (χ1) is 7.07. The molecule has 0 unspecified atom stereocenters. The van der Waals surface area contributed by atoms with E-state index in [9.17, 15) is 4.79 Å². The maximum atomic E-state index is 11.6. The highest BCUT2D eigenvalue weighted by molar-refractivity contribution is 5.89. The number of methoxy groups -OCH3 is 1. The van der Waals surface area contributed by atoms with Crippen LogP contribution in [0.15, 0.2) is 24.3 Å². The second kappa shape index (κ2) is 4.82. The van der Waals surface area contributed by atoms with Crippen LogP contribution in [0.2, 0.25) is 0 Å². The predicted octanol–water partition coefficient (Wildman–Crippen LogP) is 2.98. The molecule has 15 heavy (non-hydrogen) atoms. The first-order valence-electron chi connectivity index (χ1n) is 5.00. The van der Waals surface area contributed by atoms with Crippen LogP contribution in [-0.4, -0.2) is 19.2 Å². The van der Waals surface area contributed by atoms with E-state index in [4.69, 9.17) is 4.74 Å². The summed E-state index contributed by atoms with van der Waals surface area (Å²) in [7, 11) is 1.40. The van der Waals surface area contributed by atoms with Crippen molar-refractivity contribution in [3.63, 3.8) is 0 Å². The van der Waals surface area contributed by atoms with Crippen LogP contribution in [0.1, 0.15) is 19.4 Å². The smallest absolute Gasteiger partial charge is 0.414 e. The number of para-hydroxylation sites is 1. The summed E-state index contributed by atoms with van der Waals surface area (Å²) in [5, 5.41) is 0. The molecule has 0 heterocycles. The van der Waals surface area contributed by atoms with Gasteiger partial charge in [0.25, 0.3) is 0 Å². The lowest BCUT2D eigenvalue weighted by Gasteiger charge is -2.26. The number of ether oxygens (including phenoxy) is 1. The standard InChI is InChI=1S/C12H17NO2/c1-9(2)13(12(14)15-4)11-8-6-5-7-10(11)3/h5-9H,1-4H3. The summed E-state index contributed by atoms with van der Waals surface area (Å²) < 4.78 is 4.77. The zero-order valence-electron chi connectivity index (χ0n) is 9.65. The molecule has 0 saturated carbocycles. The molecule has 1 amide bonds. The Balaban J connectivity index is 3.10. The van der Waals surface area contributed by atoms with Crippen molar-refractivity contribution in [2.75, 3.05) is 12.0 Å². The van der Waals surface area contributed by atoms with Crippen molar-refractivity contribution in [2.24, 2.45) is 0 Å². The quantitative estimate of drug-likeness (QED) is 0.746. The van der Waals surface area contributed by atoms with E-state index < -0.39 is 0 Å². The van der Waals surface area contributed by atoms with E-state index in [0.29, 0.717) is 0 Å².